The van der Waals surface area contributed by atoms with E-state index in [0.717, 1.165) is 18.0 Å². The number of fused-ring (bicyclic) bond motifs is 1. The zero-order valence-corrected chi connectivity index (χ0v) is 12.1. The third kappa shape index (κ3) is 2.87. The van der Waals surface area contributed by atoms with Gasteiger partial charge in [-0.15, -0.1) is 11.3 Å². The standard InChI is InChI=1S/C17H17NOS/c19-12-4-7-15-9-10-16(20-15)13-18-11-3-6-14-5-1-2-8-17(14)18/h1-2,5,8-10,19H,3,6,11-13H2. The average Bonchev–Trinajstić information content (AvgIpc) is 2.93. The van der Waals surface area contributed by atoms with Crippen molar-refractivity contribution in [1.82, 2.24) is 0 Å². The first-order chi connectivity index (χ1) is 9.86. The van der Waals surface area contributed by atoms with E-state index in [-0.39, 0.29) is 6.61 Å². The molecule has 2 aromatic rings. The lowest BCUT2D eigenvalue weighted by Crippen LogP contribution is -2.28. The van der Waals surface area contributed by atoms with Crippen LogP contribution in [0.2, 0.25) is 0 Å². The number of hydrogen-bond acceptors (Lipinski definition) is 3. The largest absolute Gasteiger partial charge is 0.384 e. The van der Waals surface area contributed by atoms with Gasteiger partial charge in [0.05, 0.1) is 11.4 Å². The molecule has 0 aliphatic carbocycles. The number of aliphatic hydroxyl groups excluding tert-OH is 1. The lowest BCUT2D eigenvalue weighted by atomic mass is 10.0. The molecule has 0 radical (unpaired) electrons. The molecular formula is C17H17NOS. The van der Waals surface area contributed by atoms with Crippen LogP contribution in [0.5, 0.6) is 0 Å². The van der Waals surface area contributed by atoms with E-state index in [9.17, 15) is 0 Å². The van der Waals surface area contributed by atoms with Crippen molar-refractivity contribution in [2.24, 2.45) is 0 Å². The minimum Gasteiger partial charge on any atom is -0.384 e. The zero-order valence-electron chi connectivity index (χ0n) is 11.3. The van der Waals surface area contributed by atoms with E-state index in [0.29, 0.717) is 0 Å². The Morgan fingerprint density at radius 2 is 2.10 bits per heavy atom. The highest BCUT2D eigenvalue weighted by Gasteiger charge is 2.16. The number of hydrogen-bond donors (Lipinski definition) is 1. The fraction of sp³-hybridized carbons (Fsp3) is 0.294. The fourth-order valence-electron chi connectivity index (χ4n) is 2.62. The maximum absolute atomic E-state index is 8.73. The van der Waals surface area contributed by atoms with Gasteiger partial charge in [0.15, 0.2) is 0 Å². The average molecular weight is 283 g/mol. The molecule has 2 nitrogen and oxygen atoms in total. The molecule has 0 fully saturated rings. The van der Waals surface area contributed by atoms with Crippen molar-refractivity contribution in [2.75, 3.05) is 18.1 Å². The first-order valence-electron chi connectivity index (χ1n) is 6.88. The Morgan fingerprint density at radius 1 is 1.20 bits per heavy atom. The van der Waals surface area contributed by atoms with E-state index >= 15 is 0 Å². The predicted molar refractivity (Wildman–Crippen MR) is 84.1 cm³/mol. The molecule has 3 rings (SSSR count). The lowest BCUT2D eigenvalue weighted by molar-refractivity contribution is 0.350. The second-order valence-corrected chi connectivity index (χ2v) is 6.05. The van der Waals surface area contributed by atoms with Crippen LogP contribution in [0.3, 0.4) is 0 Å². The Bertz CT molecular complexity index is 650. The van der Waals surface area contributed by atoms with E-state index in [2.05, 4.69) is 47.1 Å². The first-order valence-corrected chi connectivity index (χ1v) is 7.70. The predicted octanol–water partition coefficient (Wildman–Crippen LogP) is 3.04. The number of benzene rings is 1. The summed E-state index contributed by atoms with van der Waals surface area (Å²) in [5.41, 5.74) is 2.82. The molecule has 20 heavy (non-hydrogen) atoms. The van der Waals surface area contributed by atoms with Gasteiger partial charge in [0.1, 0.15) is 6.61 Å². The van der Waals surface area contributed by atoms with Gasteiger partial charge in [0.2, 0.25) is 0 Å². The van der Waals surface area contributed by atoms with Crippen molar-refractivity contribution < 1.29 is 5.11 Å². The van der Waals surface area contributed by atoms with Crippen LogP contribution in [0.15, 0.2) is 36.4 Å². The zero-order chi connectivity index (χ0) is 13.8. The monoisotopic (exact) mass is 283 g/mol. The van der Waals surface area contributed by atoms with Gasteiger partial charge in [-0.25, -0.2) is 0 Å². The van der Waals surface area contributed by atoms with Crippen LogP contribution in [0, 0.1) is 11.8 Å². The normalized spacial score (nSPS) is 13.6. The third-order valence-corrected chi connectivity index (χ3v) is 4.49. The van der Waals surface area contributed by atoms with E-state index < -0.39 is 0 Å². The summed E-state index contributed by atoms with van der Waals surface area (Å²) in [5, 5.41) is 8.73. The summed E-state index contributed by atoms with van der Waals surface area (Å²) in [6.45, 7) is 1.99. The number of nitrogens with zero attached hydrogens (tertiary/aromatic N) is 1. The Kier molecular flexibility index (Phi) is 4.05. The van der Waals surface area contributed by atoms with Gasteiger partial charge >= 0.3 is 0 Å². The van der Waals surface area contributed by atoms with Crippen molar-refractivity contribution >= 4 is 17.0 Å². The molecule has 1 aromatic carbocycles. The highest BCUT2D eigenvalue weighted by molar-refractivity contribution is 7.12. The van der Waals surface area contributed by atoms with Crippen LogP contribution >= 0.6 is 11.3 Å². The molecule has 0 amide bonds. The number of para-hydroxylation sites is 1. The van der Waals surface area contributed by atoms with Crippen molar-refractivity contribution in [3.63, 3.8) is 0 Å². The van der Waals surface area contributed by atoms with Crippen LogP contribution in [0.4, 0.5) is 5.69 Å². The van der Waals surface area contributed by atoms with Crippen LogP contribution in [-0.4, -0.2) is 18.3 Å². The summed E-state index contributed by atoms with van der Waals surface area (Å²) in [6, 6.07) is 12.9. The minimum atomic E-state index is -0.0767. The molecule has 0 bridgehead atoms. The maximum atomic E-state index is 8.73. The first kappa shape index (κ1) is 13.2. The Hall–Kier alpha value is -1.76. The lowest BCUT2D eigenvalue weighted by Gasteiger charge is -2.30. The highest BCUT2D eigenvalue weighted by atomic mass is 32.1. The summed E-state index contributed by atoms with van der Waals surface area (Å²) in [6.07, 6.45) is 2.41. The molecule has 0 unspecified atom stereocenters. The molecule has 2 heterocycles. The van der Waals surface area contributed by atoms with Crippen molar-refractivity contribution in [2.45, 2.75) is 19.4 Å². The smallest absolute Gasteiger partial charge is 0.104 e. The Morgan fingerprint density at radius 3 is 3.00 bits per heavy atom. The van der Waals surface area contributed by atoms with E-state index in [1.54, 1.807) is 11.3 Å². The van der Waals surface area contributed by atoms with Crippen molar-refractivity contribution in [3.05, 3.63) is 51.7 Å². The highest BCUT2D eigenvalue weighted by Crippen LogP contribution is 2.29. The minimum absolute atomic E-state index is 0.0767. The second kappa shape index (κ2) is 6.13. The van der Waals surface area contributed by atoms with Gasteiger partial charge in [-0.2, -0.15) is 0 Å². The molecule has 0 spiro atoms. The number of aryl methyl sites for hydroxylation is 1. The molecule has 1 aliphatic rings. The molecule has 0 atom stereocenters. The van der Waals surface area contributed by atoms with E-state index in [1.165, 1.54) is 29.0 Å². The molecule has 0 saturated carbocycles. The fourth-order valence-corrected chi connectivity index (χ4v) is 3.52. The van der Waals surface area contributed by atoms with Crippen LogP contribution in [-0.2, 0) is 13.0 Å². The molecular weight excluding hydrogens is 266 g/mol. The molecule has 3 heteroatoms. The number of anilines is 1. The maximum Gasteiger partial charge on any atom is 0.104 e. The number of rotatable bonds is 2. The molecule has 1 aliphatic heterocycles. The van der Waals surface area contributed by atoms with Crippen LogP contribution in [0.1, 0.15) is 21.7 Å². The van der Waals surface area contributed by atoms with E-state index in [1.807, 2.05) is 6.07 Å². The summed E-state index contributed by atoms with van der Waals surface area (Å²) in [4.78, 5) is 4.80. The number of aliphatic hydroxyl groups is 1. The van der Waals surface area contributed by atoms with Gasteiger partial charge in [0.25, 0.3) is 0 Å². The summed E-state index contributed by atoms with van der Waals surface area (Å²) < 4.78 is 0. The van der Waals surface area contributed by atoms with Gasteiger partial charge < -0.3 is 10.0 Å². The summed E-state index contributed by atoms with van der Waals surface area (Å²) in [7, 11) is 0. The van der Waals surface area contributed by atoms with Crippen molar-refractivity contribution in [3.8, 4) is 11.8 Å². The topological polar surface area (TPSA) is 23.5 Å². The second-order valence-electron chi connectivity index (χ2n) is 4.88. The number of thiophene rings is 1. The summed E-state index contributed by atoms with van der Waals surface area (Å²) >= 11 is 1.71. The molecule has 102 valence electrons. The van der Waals surface area contributed by atoms with Crippen LogP contribution in [0.25, 0.3) is 0 Å². The quantitative estimate of drug-likeness (QED) is 0.856. The summed E-state index contributed by atoms with van der Waals surface area (Å²) in [5.74, 6) is 5.67. The Labute approximate surface area is 123 Å². The van der Waals surface area contributed by atoms with Gasteiger partial charge in [-0.1, -0.05) is 30.0 Å². The van der Waals surface area contributed by atoms with Crippen molar-refractivity contribution in [1.29, 1.82) is 0 Å². The van der Waals surface area contributed by atoms with Crippen LogP contribution < -0.4 is 4.90 Å². The third-order valence-electron chi connectivity index (χ3n) is 3.51. The molecule has 1 N–H and O–H groups in total. The van der Waals surface area contributed by atoms with Gasteiger partial charge in [0, 0.05) is 17.1 Å². The van der Waals surface area contributed by atoms with E-state index in [4.69, 9.17) is 5.11 Å². The molecule has 0 saturated heterocycles. The van der Waals surface area contributed by atoms with Gasteiger partial charge in [-0.3, -0.25) is 0 Å². The SMILES string of the molecule is OCC#Cc1ccc(CN2CCCc3ccccc32)s1. The Balaban J connectivity index is 1.77. The van der Waals surface area contributed by atoms with Gasteiger partial charge in [-0.05, 0) is 36.6 Å². The molecule has 1 aromatic heterocycles.